The highest BCUT2D eigenvalue weighted by atomic mass is 16.5. The number of aromatic nitrogens is 2. The Kier molecular flexibility index (Phi) is 7.70. The number of hydrogen-bond acceptors (Lipinski definition) is 5. The molecule has 1 aromatic carbocycles. The van der Waals surface area contributed by atoms with Crippen LogP contribution in [0, 0.1) is 0 Å². The Bertz CT molecular complexity index is 1310. The van der Waals surface area contributed by atoms with Gasteiger partial charge in [-0.1, -0.05) is 25.1 Å². The molecule has 2 aliphatic rings. The summed E-state index contributed by atoms with van der Waals surface area (Å²) in [6.45, 7) is 9.87. The molecule has 1 atom stereocenters. The Labute approximate surface area is 225 Å². The quantitative estimate of drug-likeness (QED) is 0.461. The van der Waals surface area contributed by atoms with Gasteiger partial charge in [-0.2, -0.15) is 0 Å². The maximum Gasteiger partial charge on any atom is 0.274 e. The number of hydrogen-bond donors (Lipinski definition) is 1. The Morgan fingerprint density at radius 1 is 1.11 bits per heavy atom. The van der Waals surface area contributed by atoms with E-state index in [0.29, 0.717) is 34.8 Å². The molecular formula is C30H39N5O3. The van der Waals surface area contributed by atoms with Crippen LogP contribution in [-0.4, -0.2) is 69.5 Å². The van der Waals surface area contributed by atoms with Gasteiger partial charge in [0, 0.05) is 31.7 Å². The summed E-state index contributed by atoms with van der Waals surface area (Å²) in [6.07, 6.45) is 5.04. The average molecular weight is 518 g/mol. The molecule has 2 amide bonds. The van der Waals surface area contributed by atoms with E-state index in [1.165, 1.54) is 12.8 Å². The monoisotopic (exact) mass is 517 g/mol. The van der Waals surface area contributed by atoms with Crippen molar-refractivity contribution in [2.45, 2.75) is 65.0 Å². The largest absolute Gasteiger partial charge is 0.488 e. The van der Waals surface area contributed by atoms with E-state index < -0.39 is 0 Å². The van der Waals surface area contributed by atoms with E-state index in [9.17, 15) is 9.59 Å². The van der Waals surface area contributed by atoms with Crippen LogP contribution in [-0.2, 0) is 13.5 Å². The lowest BCUT2D eigenvalue weighted by Gasteiger charge is -2.29. The minimum absolute atomic E-state index is 0.00392. The first-order valence-corrected chi connectivity index (χ1v) is 14.0. The first-order chi connectivity index (χ1) is 18.4. The molecule has 3 aromatic rings. The summed E-state index contributed by atoms with van der Waals surface area (Å²) in [5.41, 5.74) is 3.21. The van der Waals surface area contributed by atoms with Crippen LogP contribution < -0.4 is 10.1 Å². The van der Waals surface area contributed by atoms with E-state index in [1.807, 2.05) is 61.6 Å². The van der Waals surface area contributed by atoms with Crippen molar-refractivity contribution in [1.82, 2.24) is 19.4 Å². The highest BCUT2D eigenvalue weighted by molar-refractivity contribution is 6.07. The van der Waals surface area contributed by atoms with E-state index in [0.717, 1.165) is 50.1 Å². The molecule has 2 aliphatic heterocycles. The van der Waals surface area contributed by atoms with Gasteiger partial charge in [-0.15, -0.1) is 0 Å². The van der Waals surface area contributed by atoms with Gasteiger partial charge in [-0.3, -0.25) is 9.59 Å². The second kappa shape index (κ2) is 11.2. The minimum Gasteiger partial charge on any atom is -0.488 e. The molecule has 38 heavy (non-hydrogen) atoms. The van der Waals surface area contributed by atoms with Gasteiger partial charge in [0.25, 0.3) is 11.8 Å². The zero-order chi connectivity index (χ0) is 26.8. The molecule has 0 radical (unpaired) electrons. The average Bonchev–Trinajstić information content (AvgIpc) is 3.65. The second-order valence-corrected chi connectivity index (χ2v) is 10.7. The summed E-state index contributed by atoms with van der Waals surface area (Å²) in [5.74, 6) is 0.345. The normalized spacial score (nSPS) is 18.0. The third-order valence-corrected chi connectivity index (χ3v) is 7.67. The van der Waals surface area contributed by atoms with Gasteiger partial charge in [0.05, 0.1) is 22.9 Å². The molecule has 4 heterocycles. The van der Waals surface area contributed by atoms with Crippen LogP contribution in [0.3, 0.4) is 0 Å². The first-order valence-electron chi connectivity index (χ1n) is 14.0. The molecule has 2 fully saturated rings. The molecule has 0 bridgehead atoms. The molecule has 0 saturated carbocycles. The number of benzene rings is 1. The Morgan fingerprint density at radius 2 is 1.84 bits per heavy atom. The molecular weight excluding hydrogens is 478 g/mol. The fourth-order valence-electron chi connectivity index (χ4n) is 5.80. The van der Waals surface area contributed by atoms with E-state index >= 15 is 0 Å². The standard InChI is InChI=1S/C30H39N5O3/c1-5-24-25(32-29(36)21-12-7-6-8-13-21)18-23-27(38-20(2)3)26(33(4)28(23)31-24)30(37)35-17-11-14-22(35)19-34-15-9-10-16-34/h6-8,12-13,18,20,22H,5,9-11,14-17,19H2,1-4H3,(H,32,36)/t22-/m0/s1. The van der Waals surface area contributed by atoms with E-state index in [4.69, 9.17) is 9.72 Å². The summed E-state index contributed by atoms with van der Waals surface area (Å²) < 4.78 is 8.19. The molecule has 0 spiro atoms. The van der Waals surface area contributed by atoms with Gasteiger partial charge in [0.1, 0.15) is 5.65 Å². The van der Waals surface area contributed by atoms with Gasteiger partial charge >= 0.3 is 0 Å². The third kappa shape index (κ3) is 5.14. The van der Waals surface area contributed by atoms with Crippen molar-refractivity contribution in [2.75, 3.05) is 31.5 Å². The van der Waals surface area contributed by atoms with Crippen LogP contribution in [0.5, 0.6) is 5.75 Å². The zero-order valence-corrected chi connectivity index (χ0v) is 23.0. The Morgan fingerprint density at radius 3 is 2.53 bits per heavy atom. The molecule has 202 valence electrons. The molecule has 0 unspecified atom stereocenters. The molecule has 8 nitrogen and oxygen atoms in total. The summed E-state index contributed by atoms with van der Waals surface area (Å²) >= 11 is 0. The van der Waals surface area contributed by atoms with Gasteiger partial charge in [-0.05, 0) is 77.2 Å². The zero-order valence-electron chi connectivity index (χ0n) is 23.0. The molecule has 1 N–H and O–H groups in total. The number of amides is 2. The highest BCUT2D eigenvalue weighted by Crippen LogP contribution is 2.37. The maximum atomic E-state index is 14.1. The molecule has 5 rings (SSSR count). The van der Waals surface area contributed by atoms with Crippen LogP contribution in [0.2, 0.25) is 0 Å². The van der Waals surface area contributed by atoms with Gasteiger partial charge in [0.2, 0.25) is 0 Å². The number of fused-ring (bicyclic) bond motifs is 1. The van der Waals surface area contributed by atoms with Crippen molar-refractivity contribution >= 4 is 28.5 Å². The first kappa shape index (κ1) is 26.2. The van der Waals surface area contributed by atoms with Crippen LogP contribution in [0.25, 0.3) is 11.0 Å². The number of nitrogens with one attached hydrogen (secondary N) is 1. The number of carbonyl (C=O) groups excluding carboxylic acids is 2. The molecule has 8 heteroatoms. The maximum absolute atomic E-state index is 14.1. The van der Waals surface area contributed by atoms with Crippen LogP contribution >= 0.6 is 0 Å². The third-order valence-electron chi connectivity index (χ3n) is 7.67. The topological polar surface area (TPSA) is 79.7 Å². The number of pyridine rings is 1. The summed E-state index contributed by atoms with van der Waals surface area (Å²) in [6, 6.07) is 11.3. The van der Waals surface area contributed by atoms with Crippen molar-refractivity contribution in [3.63, 3.8) is 0 Å². The van der Waals surface area contributed by atoms with Crippen molar-refractivity contribution in [3.8, 4) is 5.75 Å². The number of aryl methyl sites for hydroxylation is 2. The lowest BCUT2D eigenvalue weighted by molar-refractivity contribution is 0.0693. The van der Waals surface area contributed by atoms with Crippen LogP contribution in [0.1, 0.15) is 73.0 Å². The van der Waals surface area contributed by atoms with Crippen molar-refractivity contribution in [3.05, 3.63) is 53.3 Å². The van der Waals surface area contributed by atoms with E-state index in [2.05, 4.69) is 10.2 Å². The SMILES string of the molecule is CCc1nc2c(cc1NC(=O)c1ccccc1)c(OC(C)C)c(C(=O)N1CCC[C@H]1CN1CCCC1)n2C. The number of carbonyl (C=O) groups is 2. The second-order valence-electron chi connectivity index (χ2n) is 10.7. The van der Waals surface area contributed by atoms with Crippen LogP contribution in [0.15, 0.2) is 36.4 Å². The van der Waals surface area contributed by atoms with Crippen molar-refractivity contribution in [1.29, 1.82) is 0 Å². The smallest absolute Gasteiger partial charge is 0.274 e. The highest BCUT2D eigenvalue weighted by Gasteiger charge is 2.35. The number of rotatable bonds is 8. The van der Waals surface area contributed by atoms with Gasteiger partial charge in [-0.25, -0.2) is 4.98 Å². The van der Waals surface area contributed by atoms with Crippen molar-refractivity contribution < 1.29 is 14.3 Å². The van der Waals surface area contributed by atoms with E-state index in [-0.39, 0.29) is 24.0 Å². The fraction of sp³-hybridized carbons (Fsp3) is 0.500. The Hall–Kier alpha value is -3.39. The molecule has 2 aromatic heterocycles. The summed E-state index contributed by atoms with van der Waals surface area (Å²) in [4.78, 5) is 36.6. The predicted molar refractivity (Wildman–Crippen MR) is 150 cm³/mol. The van der Waals surface area contributed by atoms with Crippen LogP contribution in [0.4, 0.5) is 5.69 Å². The molecule has 0 aliphatic carbocycles. The number of ether oxygens (including phenoxy) is 1. The van der Waals surface area contributed by atoms with E-state index in [1.54, 1.807) is 12.1 Å². The lowest BCUT2D eigenvalue weighted by atomic mass is 10.1. The molecule has 2 saturated heterocycles. The summed E-state index contributed by atoms with van der Waals surface area (Å²) in [7, 11) is 1.89. The fourth-order valence-corrected chi connectivity index (χ4v) is 5.80. The number of anilines is 1. The predicted octanol–water partition coefficient (Wildman–Crippen LogP) is 4.88. The van der Waals surface area contributed by atoms with Crippen molar-refractivity contribution in [2.24, 2.45) is 7.05 Å². The number of likely N-dealkylation sites (tertiary alicyclic amines) is 2. The summed E-state index contributed by atoms with van der Waals surface area (Å²) in [5, 5.41) is 3.78. The Balaban J connectivity index is 1.54. The minimum atomic E-state index is -0.193. The lowest BCUT2D eigenvalue weighted by Crippen LogP contribution is -2.43. The van der Waals surface area contributed by atoms with Gasteiger partial charge < -0.3 is 24.4 Å². The van der Waals surface area contributed by atoms with Gasteiger partial charge in [0.15, 0.2) is 11.4 Å². The number of nitrogens with zero attached hydrogens (tertiary/aromatic N) is 4.